The van der Waals surface area contributed by atoms with E-state index in [1.165, 1.54) is 42.8 Å². The number of aromatic carboxylic acids is 1. The lowest BCUT2D eigenvalue weighted by Crippen LogP contribution is -2.27. The van der Waals surface area contributed by atoms with E-state index in [9.17, 15) is 9.59 Å². The maximum Gasteiger partial charge on any atom is 0.336 e. The molecule has 4 aromatic rings. The fraction of sp³-hybridized carbons (Fsp3) is 0.267. The molecule has 2 saturated heterocycles. The second-order valence-corrected chi connectivity index (χ2v) is 10.7. The van der Waals surface area contributed by atoms with Crippen molar-refractivity contribution >= 4 is 34.6 Å². The smallest absolute Gasteiger partial charge is 0.336 e. The van der Waals surface area contributed by atoms with Crippen molar-refractivity contribution in [2.24, 2.45) is 0 Å². The highest BCUT2D eigenvalue weighted by atomic mass is 32.1. The normalized spacial score (nSPS) is 14.3. The lowest BCUT2D eigenvalue weighted by molar-refractivity contribution is 0.0696. The minimum Gasteiger partial charge on any atom is -0.478 e. The van der Waals surface area contributed by atoms with Crippen molar-refractivity contribution < 1.29 is 14.7 Å². The summed E-state index contributed by atoms with van der Waals surface area (Å²) in [5.74, 6) is -0.686. The van der Waals surface area contributed by atoms with Gasteiger partial charge >= 0.3 is 5.97 Å². The van der Waals surface area contributed by atoms with Gasteiger partial charge < -0.3 is 15.3 Å². The SMILES string of the molecule is C1CCNC1.O=C(O)c1csc(-c2ccccc2)c1.O=C(c1csc(-c2ccccc2)c1)N1CCCC1. The topological polar surface area (TPSA) is 69.6 Å². The molecule has 0 aliphatic carbocycles. The minimum atomic E-state index is -0.872. The molecule has 0 radical (unpaired) electrons. The van der Waals surface area contributed by atoms with Gasteiger partial charge in [0.25, 0.3) is 5.91 Å². The Hall–Kier alpha value is -3.26. The summed E-state index contributed by atoms with van der Waals surface area (Å²) >= 11 is 3.09. The van der Waals surface area contributed by atoms with Gasteiger partial charge in [-0.1, -0.05) is 60.7 Å². The molecule has 4 heterocycles. The number of likely N-dealkylation sites (tertiary alicyclic amines) is 1. The van der Waals surface area contributed by atoms with E-state index in [1.807, 2.05) is 64.9 Å². The van der Waals surface area contributed by atoms with Gasteiger partial charge in [-0.05, 0) is 62.0 Å². The number of carbonyl (C=O) groups excluding carboxylic acids is 1. The molecule has 1 amide bonds. The van der Waals surface area contributed by atoms with Crippen LogP contribution in [0.5, 0.6) is 0 Å². The van der Waals surface area contributed by atoms with Crippen molar-refractivity contribution in [3.8, 4) is 20.9 Å². The quantitative estimate of drug-likeness (QED) is 0.293. The molecule has 0 bridgehead atoms. The fourth-order valence-electron chi connectivity index (χ4n) is 4.13. The molecule has 2 aromatic heterocycles. The number of carboxylic acid groups (broad SMARTS) is 1. The summed E-state index contributed by atoms with van der Waals surface area (Å²) in [6.07, 6.45) is 5.06. The zero-order chi connectivity index (χ0) is 25.9. The van der Waals surface area contributed by atoms with Crippen LogP contribution in [-0.4, -0.2) is 48.1 Å². The standard InChI is InChI=1S/C15H15NOS.C11H8O2S.C4H9N/c17-15(16-8-4-5-9-16)13-10-14(18-11-13)12-6-2-1-3-7-12;12-11(13)9-6-10(14-7-9)8-4-2-1-3-5-8;1-2-4-5-3-1/h1-3,6-7,10-11H,4-5,8-9H2;1-7H,(H,12,13);5H,1-4H2. The number of carbonyl (C=O) groups is 2. The molecular weight excluding hydrogens is 500 g/mol. The fourth-order valence-corrected chi connectivity index (χ4v) is 5.91. The van der Waals surface area contributed by atoms with E-state index in [0.717, 1.165) is 46.8 Å². The van der Waals surface area contributed by atoms with Gasteiger partial charge in [0.1, 0.15) is 0 Å². The number of nitrogens with zero attached hydrogens (tertiary/aromatic N) is 1. The number of thiophene rings is 2. The molecule has 0 atom stereocenters. The van der Waals surface area contributed by atoms with Crippen LogP contribution >= 0.6 is 22.7 Å². The van der Waals surface area contributed by atoms with E-state index in [0.29, 0.717) is 5.56 Å². The van der Waals surface area contributed by atoms with Crippen LogP contribution in [0.4, 0.5) is 0 Å². The molecule has 2 aromatic carbocycles. The van der Waals surface area contributed by atoms with Crippen LogP contribution in [0.1, 0.15) is 46.4 Å². The van der Waals surface area contributed by atoms with Gasteiger partial charge in [-0.3, -0.25) is 4.79 Å². The summed E-state index contributed by atoms with van der Waals surface area (Å²) in [5.41, 5.74) is 3.43. The van der Waals surface area contributed by atoms with Gasteiger partial charge in [0.15, 0.2) is 0 Å². The lowest BCUT2D eigenvalue weighted by Gasteiger charge is -2.13. The van der Waals surface area contributed by atoms with Gasteiger partial charge in [0.2, 0.25) is 0 Å². The predicted octanol–water partition coefficient (Wildman–Crippen LogP) is 7.13. The first kappa shape index (κ1) is 26.8. The summed E-state index contributed by atoms with van der Waals surface area (Å²) in [7, 11) is 0. The highest BCUT2D eigenvalue weighted by Crippen LogP contribution is 2.28. The maximum atomic E-state index is 12.2. The average molecular weight is 533 g/mol. The highest BCUT2D eigenvalue weighted by Gasteiger charge is 2.20. The van der Waals surface area contributed by atoms with Gasteiger partial charge in [-0.15, -0.1) is 22.7 Å². The summed E-state index contributed by atoms with van der Waals surface area (Å²) in [6, 6.07) is 23.7. The van der Waals surface area contributed by atoms with Crippen molar-refractivity contribution in [3.63, 3.8) is 0 Å². The molecule has 0 saturated carbocycles. The molecule has 6 rings (SSSR count). The Labute approximate surface area is 226 Å². The van der Waals surface area contributed by atoms with Crippen LogP contribution in [0.25, 0.3) is 20.9 Å². The van der Waals surface area contributed by atoms with Crippen LogP contribution in [0.2, 0.25) is 0 Å². The molecule has 0 spiro atoms. The molecule has 192 valence electrons. The van der Waals surface area contributed by atoms with Crippen molar-refractivity contribution in [1.82, 2.24) is 10.2 Å². The van der Waals surface area contributed by atoms with Crippen LogP contribution in [0, 0.1) is 0 Å². The first-order chi connectivity index (χ1) is 18.1. The van der Waals surface area contributed by atoms with Gasteiger partial charge in [0, 0.05) is 33.6 Å². The van der Waals surface area contributed by atoms with Crippen LogP contribution < -0.4 is 5.32 Å². The Morgan fingerprint density at radius 2 is 1.19 bits per heavy atom. The van der Waals surface area contributed by atoms with E-state index < -0.39 is 5.97 Å². The maximum absolute atomic E-state index is 12.2. The Morgan fingerprint density at radius 1 is 0.703 bits per heavy atom. The minimum absolute atomic E-state index is 0.186. The van der Waals surface area contributed by atoms with Crippen LogP contribution in [0.15, 0.2) is 83.6 Å². The third-order valence-electron chi connectivity index (χ3n) is 6.16. The first-order valence-electron chi connectivity index (χ1n) is 12.6. The van der Waals surface area contributed by atoms with E-state index in [4.69, 9.17) is 5.11 Å². The molecule has 2 fully saturated rings. The second kappa shape index (κ2) is 13.9. The highest BCUT2D eigenvalue weighted by molar-refractivity contribution is 7.14. The first-order valence-corrected chi connectivity index (χ1v) is 14.4. The number of carboxylic acids is 1. The third kappa shape index (κ3) is 7.86. The number of amides is 1. The third-order valence-corrected chi connectivity index (χ3v) is 8.12. The van der Waals surface area contributed by atoms with Crippen LogP contribution in [-0.2, 0) is 0 Å². The van der Waals surface area contributed by atoms with Crippen molar-refractivity contribution in [2.75, 3.05) is 26.2 Å². The molecule has 2 aliphatic heterocycles. The largest absolute Gasteiger partial charge is 0.478 e. The monoisotopic (exact) mass is 532 g/mol. The molecule has 5 nitrogen and oxygen atoms in total. The Balaban J connectivity index is 0.000000149. The molecule has 2 N–H and O–H groups in total. The van der Waals surface area contributed by atoms with Gasteiger partial charge in [-0.2, -0.15) is 0 Å². The molecular formula is C30H32N2O3S2. The zero-order valence-electron chi connectivity index (χ0n) is 20.8. The number of benzene rings is 2. The van der Waals surface area contributed by atoms with Gasteiger partial charge in [-0.25, -0.2) is 4.79 Å². The lowest BCUT2D eigenvalue weighted by atomic mass is 10.1. The van der Waals surface area contributed by atoms with Crippen molar-refractivity contribution in [3.05, 3.63) is 94.7 Å². The number of nitrogens with one attached hydrogen (secondary N) is 1. The van der Waals surface area contributed by atoms with Gasteiger partial charge in [0.05, 0.1) is 11.1 Å². The molecule has 37 heavy (non-hydrogen) atoms. The van der Waals surface area contributed by atoms with E-state index >= 15 is 0 Å². The predicted molar refractivity (Wildman–Crippen MR) is 154 cm³/mol. The summed E-state index contributed by atoms with van der Waals surface area (Å²) < 4.78 is 0. The number of hydrogen-bond acceptors (Lipinski definition) is 5. The Kier molecular flexibility index (Phi) is 10.1. The molecule has 7 heteroatoms. The molecule has 0 unspecified atom stereocenters. The average Bonchev–Trinajstić information content (AvgIpc) is 3.77. The Morgan fingerprint density at radius 3 is 1.62 bits per heavy atom. The zero-order valence-corrected chi connectivity index (χ0v) is 22.4. The molecule has 2 aliphatic rings. The van der Waals surface area contributed by atoms with E-state index in [-0.39, 0.29) is 5.91 Å². The Bertz CT molecular complexity index is 1250. The summed E-state index contributed by atoms with van der Waals surface area (Å²) in [4.78, 5) is 27.0. The summed E-state index contributed by atoms with van der Waals surface area (Å²) in [6.45, 7) is 4.32. The van der Waals surface area contributed by atoms with Crippen molar-refractivity contribution in [2.45, 2.75) is 25.7 Å². The van der Waals surface area contributed by atoms with Crippen LogP contribution in [0.3, 0.4) is 0 Å². The second-order valence-electron chi connectivity index (χ2n) is 8.89. The van der Waals surface area contributed by atoms with E-state index in [2.05, 4.69) is 17.4 Å². The summed E-state index contributed by atoms with van der Waals surface area (Å²) in [5, 5.41) is 15.6. The number of hydrogen-bond donors (Lipinski definition) is 2. The number of rotatable bonds is 4. The van der Waals surface area contributed by atoms with Crippen molar-refractivity contribution in [1.29, 1.82) is 0 Å². The van der Waals surface area contributed by atoms with E-state index in [1.54, 1.807) is 22.8 Å².